The minimum Gasteiger partial charge on any atom is -0.326 e. The van der Waals surface area contributed by atoms with E-state index >= 15 is 0 Å². The van der Waals surface area contributed by atoms with Gasteiger partial charge in [0.2, 0.25) is 5.91 Å². The Labute approximate surface area is 104 Å². The van der Waals surface area contributed by atoms with Crippen LogP contribution in [0.5, 0.6) is 0 Å². The number of carbonyl (C=O) groups is 1. The summed E-state index contributed by atoms with van der Waals surface area (Å²) in [7, 11) is 0. The Morgan fingerprint density at radius 2 is 1.82 bits per heavy atom. The van der Waals surface area contributed by atoms with Gasteiger partial charge in [0.1, 0.15) is 0 Å². The SMILES string of the molecule is C=CCCCCCCC(=O)Nc1ccccc1. The number of amides is 1. The van der Waals surface area contributed by atoms with E-state index in [2.05, 4.69) is 11.9 Å². The highest BCUT2D eigenvalue weighted by Crippen LogP contribution is 2.09. The molecule has 0 unspecified atom stereocenters. The molecule has 0 heterocycles. The zero-order valence-corrected chi connectivity index (χ0v) is 10.3. The van der Waals surface area contributed by atoms with Gasteiger partial charge in [-0.15, -0.1) is 6.58 Å². The number of unbranched alkanes of at least 4 members (excludes halogenated alkanes) is 4. The predicted octanol–water partition coefficient (Wildman–Crippen LogP) is 4.15. The number of rotatable bonds is 8. The number of anilines is 1. The second-order valence-electron chi connectivity index (χ2n) is 4.16. The van der Waals surface area contributed by atoms with Gasteiger partial charge in [-0.25, -0.2) is 0 Å². The zero-order valence-electron chi connectivity index (χ0n) is 10.3. The lowest BCUT2D eigenvalue weighted by atomic mass is 10.1. The fourth-order valence-electron chi connectivity index (χ4n) is 1.67. The van der Waals surface area contributed by atoms with Crippen molar-refractivity contribution in [1.82, 2.24) is 0 Å². The molecule has 92 valence electrons. The van der Waals surface area contributed by atoms with E-state index in [0.717, 1.165) is 24.9 Å². The highest BCUT2D eigenvalue weighted by Gasteiger charge is 2.01. The van der Waals surface area contributed by atoms with Gasteiger partial charge in [0, 0.05) is 12.1 Å². The minimum absolute atomic E-state index is 0.111. The van der Waals surface area contributed by atoms with E-state index in [9.17, 15) is 4.79 Å². The molecule has 0 spiro atoms. The first-order valence-corrected chi connectivity index (χ1v) is 6.28. The van der Waals surface area contributed by atoms with Crippen LogP contribution in [-0.2, 0) is 4.79 Å². The first-order valence-electron chi connectivity index (χ1n) is 6.28. The van der Waals surface area contributed by atoms with E-state index < -0.39 is 0 Å². The normalized spacial score (nSPS) is 9.88. The van der Waals surface area contributed by atoms with E-state index in [1.54, 1.807) is 0 Å². The summed E-state index contributed by atoms with van der Waals surface area (Å²) < 4.78 is 0. The van der Waals surface area contributed by atoms with Crippen molar-refractivity contribution in [2.45, 2.75) is 38.5 Å². The molecule has 0 aliphatic carbocycles. The van der Waals surface area contributed by atoms with E-state index in [0.29, 0.717) is 6.42 Å². The van der Waals surface area contributed by atoms with Crippen molar-refractivity contribution in [3.8, 4) is 0 Å². The lowest BCUT2D eigenvalue weighted by Gasteiger charge is -2.04. The van der Waals surface area contributed by atoms with Crippen molar-refractivity contribution in [3.63, 3.8) is 0 Å². The Balaban J connectivity index is 2.07. The molecule has 0 aliphatic heterocycles. The van der Waals surface area contributed by atoms with Crippen molar-refractivity contribution < 1.29 is 4.79 Å². The smallest absolute Gasteiger partial charge is 0.224 e. The van der Waals surface area contributed by atoms with Gasteiger partial charge in [0.25, 0.3) is 0 Å². The number of benzene rings is 1. The maximum absolute atomic E-state index is 11.6. The Bertz CT molecular complexity index is 332. The van der Waals surface area contributed by atoms with Crippen LogP contribution in [-0.4, -0.2) is 5.91 Å². The number of nitrogens with one attached hydrogen (secondary N) is 1. The molecule has 0 saturated carbocycles. The molecule has 0 saturated heterocycles. The van der Waals surface area contributed by atoms with Gasteiger partial charge in [0.15, 0.2) is 0 Å². The molecule has 2 nitrogen and oxygen atoms in total. The maximum atomic E-state index is 11.6. The zero-order chi connectivity index (χ0) is 12.3. The van der Waals surface area contributed by atoms with Crippen LogP contribution in [0.25, 0.3) is 0 Å². The Hall–Kier alpha value is -1.57. The molecule has 2 heteroatoms. The first-order chi connectivity index (χ1) is 8.33. The Kier molecular flexibility index (Phi) is 6.80. The molecule has 0 aromatic heterocycles. The Morgan fingerprint density at radius 3 is 2.53 bits per heavy atom. The first kappa shape index (κ1) is 13.5. The molecular weight excluding hydrogens is 210 g/mol. The average Bonchev–Trinajstić information content (AvgIpc) is 2.35. The largest absolute Gasteiger partial charge is 0.326 e. The summed E-state index contributed by atoms with van der Waals surface area (Å²) in [5, 5.41) is 2.89. The number of carbonyl (C=O) groups excluding carboxylic acids is 1. The van der Waals surface area contributed by atoms with Crippen LogP contribution in [0, 0.1) is 0 Å². The maximum Gasteiger partial charge on any atom is 0.224 e. The molecule has 1 N–H and O–H groups in total. The van der Waals surface area contributed by atoms with Crippen LogP contribution in [0.15, 0.2) is 43.0 Å². The third kappa shape index (κ3) is 6.56. The van der Waals surface area contributed by atoms with E-state index in [-0.39, 0.29) is 5.91 Å². The van der Waals surface area contributed by atoms with Crippen LogP contribution in [0.2, 0.25) is 0 Å². The van der Waals surface area contributed by atoms with Crippen LogP contribution < -0.4 is 5.32 Å². The van der Waals surface area contributed by atoms with Gasteiger partial charge >= 0.3 is 0 Å². The van der Waals surface area contributed by atoms with Crippen LogP contribution in [0.3, 0.4) is 0 Å². The van der Waals surface area contributed by atoms with E-state index in [1.807, 2.05) is 36.4 Å². The highest BCUT2D eigenvalue weighted by atomic mass is 16.1. The Morgan fingerprint density at radius 1 is 1.12 bits per heavy atom. The van der Waals surface area contributed by atoms with Gasteiger partial charge in [-0.1, -0.05) is 37.1 Å². The van der Waals surface area contributed by atoms with Crippen molar-refractivity contribution in [2.75, 3.05) is 5.32 Å². The molecule has 0 aliphatic rings. The van der Waals surface area contributed by atoms with Crippen molar-refractivity contribution in [3.05, 3.63) is 43.0 Å². The van der Waals surface area contributed by atoms with E-state index in [4.69, 9.17) is 0 Å². The van der Waals surface area contributed by atoms with Crippen molar-refractivity contribution in [1.29, 1.82) is 0 Å². The second kappa shape index (κ2) is 8.57. The van der Waals surface area contributed by atoms with Crippen LogP contribution in [0.1, 0.15) is 38.5 Å². The molecule has 1 rings (SSSR count). The van der Waals surface area contributed by atoms with Gasteiger partial charge in [0.05, 0.1) is 0 Å². The number of hydrogen-bond acceptors (Lipinski definition) is 1. The van der Waals surface area contributed by atoms with Crippen molar-refractivity contribution in [2.24, 2.45) is 0 Å². The molecule has 0 radical (unpaired) electrons. The van der Waals surface area contributed by atoms with Crippen LogP contribution >= 0.6 is 0 Å². The van der Waals surface area contributed by atoms with Crippen molar-refractivity contribution >= 4 is 11.6 Å². The summed E-state index contributed by atoms with van der Waals surface area (Å²) in [6.07, 6.45) is 8.10. The third-order valence-electron chi connectivity index (χ3n) is 2.62. The minimum atomic E-state index is 0.111. The predicted molar refractivity (Wildman–Crippen MR) is 73.0 cm³/mol. The quantitative estimate of drug-likeness (QED) is 0.528. The standard InChI is InChI=1S/C15H21NO/c1-2-3-4-5-6-10-13-15(17)16-14-11-8-7-9-12-14/h2,7-9,11-12H,1,3-6,10,13H2,(H,16,17). The number of para-hydroxylation sites is 1. The third-order valence-corrected chi connectivity index (χ3v) is 2.62. The van der Waals surface area contributed by atoms with Gasteiger partial charge in [-0.2, -0.15) is 0 Å². The molecular formula is C15H21NO. The average molecular weight is 231 g/mol. The highest BCUT2D eigenvalue weighted by molar-refractivity contribution is 5.90. The van der Waals surface area contributed by atoms with Gasteiger partial charge < -0.3 is 5.32 Å². The second-order valence-corrected chi connectivity index (χ2v) is 4.16. The van der Waals surface area contributed by atoms with Gasteiger partial charge in [-0.3, -0.25) is 4.79 Å². The monoisotopic (exact) mass is 231 g/mol. The molecule has 1 aromatic rings. The summed E-state index contributed by atoms with van der Waals surface area (Å²) in [6.45, 7) is 3.69. The van der Waals surface area contributed by atoms with Crippen LogP contribution in [0.4, 0.5) is 5.69 Å². The summed E-state index contributed by atoms with van der Waals surface area (Å²) >= 11 is 0. The molecule has 17 heavy (non-hydrogen) atoms. The van der Waals surface area contributed by atoms with Gasteiger partial charge in [-0.05, 0) is 31.4 Å². The molecule has 1 amide bonds. The fraction of sp³-hybridized carbons (Fsp3) is 0.400. The molecule has 1 aromatic carbocycles. The summed E-state index contributed by atoms with van der Waals surface area (Å²) in [6, 6.07) is 9.59. The molecule has 0 bridgehead atoms. The summed E-state index contributed by atoms with van der Waals surface area (Å²) in [5.41, 5.74) is 0.879. The number of hydrogen-bond donors (Lipinski definition) is 1. The summed E-state index contributed by atoms with van der Waals surface area (Å²) in [5.74, 6) is 0.111. The molecule has 0 atom stereocenters. The fourth-order valence-corrected chi connectivity index (χ4v) is 1.67. The lowest BCUT2D eigenvalue weighted by Crippen LogP contribution is -2.10. The summed E-state index contributed by atoms with van der Waals surface area (Å²) in [4.78, 5) is 11.6. The van der Waals surface area contributed by atoms with E-state index in [1.165, 1.54) is 12.8 Å². The molecule has 0 fully saturated rings. The number of allylic oxidation sites excluding steroid dienone is 1. The topological polar surface area (TPSA) is 29.1 Å². The lowest BCUT2D eigenvalue weighted by molar-refractivity contribution is -0.116.